The molecule has 1 N–H and O–H groups in total. The van der Waals surface area contributed by atoms with Gasteiger partial charge in [0.2, 0.25) is 0 Å². The van der Waals surface area contributed by atoms with Gasteiger partial charge in [-0.2, -0.15) is 5.10 Å². The van der Waals surface area contributed by atoms with E-state index >= 15 is 0 Å². The van der Waals surface area contributed by atoms with Crippen molar-refractivity contribution in [1.29, 1.82) is 0 Å². The highest BCUT2D eigenvalue weighted by atomic mass is 32.2. The molecule has 0 aliphatic carbocycles. The SMILES string of the molecule is COc1cccc(NS(=O)(=O)c2c(C)nn(C3CCS(=O)(=O)C3)c2C)c1. The van der Waals surface area contributed by atoms with Gasteiger partial charge >= 0.3 is 0 Å². The summed E-state index contributed by atoms with van der Waals surface area (Å²) < 4.78 is 58.4. The average molecular weight is 399 g/mol. The second kappa shape index (κ2) is 6.58. The van der Waals surface area contributed by atoms with Crippen LogP contribution in [0.2, 0.25) is 0 Å². The molecule has 1 saturated heterocycles. The Morgan fingerprint density at radius 2 is 2.04 bits per heavy atom. The molecule has 1 aliphatic rings. The molecule has 10 heteroatoms. The minimum Gasteiger partial charge on any atom is -0.497 e. The van der Waals surface area contributed by atoms with E-state index in [4.69, 9.17) is 4.74 Å². The first kappa shape index (κ1) is 18.7. The predicted molar refractivity (Wildman–Crippen MR) is 97.8 cm³/mol. The van der Waals surface area contributed by atoms with Crippen LogP contribution in [0.1, 0.15) is 23.9 Å². The van der Waals surface area contributed by atoms with Crippen molar-refractivity contribution in [2.24, 2.45) is 0 Å². The number of sulfonamides is 1. The third-order valence-corrected chi connectivity index (χ3v) is 7.79. The number of ether oxygens (including phenoxy) is 1. The molecule has 1 unspecified atom stereocenters. The van der Waals surface area contributed by atoms with Gasteiger partial charge in [0.05, 0.1) is 41.7 Å². The number of nitrogens with zero attached hydrogens (tertiary/aromatic N) is 2. The van der Waals surface area contributed by atoms with Crippen LogP contribution >= 0.6 is 0 Å². The number of nitrogens with one attached hydrogen (secondary N) is 1. The molecule has 0 bridgehead atoms. The van der Waals surface area contributed by atoms with E-state index in [9.17, 15) is 16.8 Å². The molecule has 2 heterocycles. The molecule has 1 aromatic heterocycles. The first-order valence-electron chi connectivity index (χ1n) is 8.06. The summed E-state index contributed by atoms with van der Waals surface area (Å²) in [6.45, 7) is 3.25. The van der Waals surface area contributed by atoms with Crippen LogP contribution in [0, 0.1) is 13.8 Å². The van der Waals surface area contributed by atoms with Gasteiger partial charge in [-0.3, -0.25) is 9.40 Å². The summed E-state index contributed by atoms with van der Waals surface area (Å²) in [7, 11) is -5.47. The van der Waals surface area contributed by atoms with Gasteiger partial charge in [0, 0.05) is 6.07 Å². The summed E-state index contributed by atoms with van der Waals surface area (Å²) in [5.41, 5.74) is 1.14. The number of methoxy groups -OCH3 is 1. The van der Waals surface area contributed by atoms with Gasteiger partial charge in [-0.1, -0.05) is 6.07 Å². The van der Waals surface area contributed by atoms with Gasteiger partial charge < -0.3 is 4.74 Å². The van der Waals surface area contributed by atoms with E-state index in [0.717, 1.165) is 0 Å². The highest BCUT2D eigenvalue weighted by molar-refractivity contribution is 7.92. The Labute approximate surface area is 153 Å². The molecule has 2 aromatic rings. The highest BCUT2D eigenvalue weighted by Gasteiger charge is 2.33. The number of hydrogen-bond acceptors (Lipinski definition) is 6. The zero-order valence-electron chi connectivity index (χ0n) is 14.8. The van der Waals surface area contributed by atoms with Crippen molar-refractivity contribution >= 4 is 25.5 Å². The minimum absolute atomic E-state index is 0.0161. The maximum Gasteiger partial charge on any atom is 0.265 e. The van der Waals surface area contributed by atoms with Gasteiger partial charge in [-0.05, 0) is 32.4 Å². The van der Waals surface area contributed by atoms with Crippen molar-refractivity contribution in [1.82, 2.24) is 9.78 Å². The monoisotopic (exact) mass is 399 g/mol. The van der Waals surface area contributed by atoms with Gasteiger partial charge in [0.1, 0.15) is 10.6 Å². The van der Waals surface area contributed by atoms with Crippen molar-refractivity contribution in [2.45, 2.75) is 31.2 Å². The van der Waals surface area contributed by atoms with Crippen LogP contribution in [-0.2, 0) is 19.9 Å². The number of benzene rings is 1. The quantitative estimate of drug-likeness (QED) is 0.819. The van der Waals surface area contributed by atoms with Crippen LogP contribution in [0.25, 0.3) is 0 Å². The molecule has 1 atom stereocenters. The van der Waals surface area contributed by atoms with Crippen LogP contribution in [0.3, 0.4) is 0 Å². The summed E-state index contributed by atoms with van der Waals surface area (Å²) >= 11 is 0. The van der Waals surface area contributed by atoms with E-state index in [1.807, 2.05) is 0 Å². The third-order valence-electron chi connectivity index (χ3n) is 4.40. The highest BCUT2D eigenvalue weighted by Crippen LogP contribution is 2.30. The first-order valence-corrected chi connectivity index (χ1v) is 11.4. The van der Waals surface area contributed by atoms with Crippen LogP contribution in [0.5, 0.6) is 5.75 Å². The molecule has 0 spiro atoms. The topological polar surface area (TPSA) is 107 Å². The molecular weight excluding hydrogens is 378 g/mol. The molecule has 1 aromatic carbocycles. The van der Waals surface area contributed by atoms with Gasteiger partial charge in [0.25, 0.3) is 10.0 Å². The largest absolute Gasteiger partial charge is 0.497 e. The summed E-state index contributed by atoms with van der Waals surface area (Å²) in [6.07, 6.45) is 0.438. The predicted octanol–water partition coefficient (Wildman–Crippen LogP) is 1.67. The third kappa shape index (κ3) is 3.56. The van der Waals surface area contributed by atoms with Gasteiger partial charge in [-0.25, -0.2) is 16.8 Å². The van der Waals surface area contributed by atoms with E-state index in [1.54, 1.807) is 38.1 Å². The fourth-order valence-corrected chi connectivity index (χ4v) is 6.40. The number of anilines is 1. The molecule has 0 radical (unpaired) electrons. The van der Waals surface area contributed by atoms with Gasteiger partial charge in [-0.15, -0.1) is 0 Å². The molecule has 3 rings (SSSR count). The van der Waals surface area contributed by atoms with E-state index in [1.165, 1.54) is 11.8 Å². The molecule has 1 fully saturated rings. The van der Waals surface area contributed by atoms with E-state index in [-0.39, 0.29) is 22.4 Å². The standard InChI is InChI=1S/C16H21N3O5S2/c1-11-16(12(2)19(17-11)14-7-8-25(20,21)10-14)26(22,23)18-13-5-4-6-15(9-13)24-3/h4-6,9,14,18H,7-8,10H2,1-3H3. The Morgan fingerprint density at radius 1 is 1.31 bits per heavy atom. The van der Waals surface area contributed by atoms with Crippen molar-refractivity contribution in [2.75, 3.05) is 23.3 Å². The molecular formula is C16H21N3O5S2. The fourth-order valence-electron chi connectivity index (χ4n) is 3.25. The zero-order valence-corrected chi connectivity index (χ0v) is 16.4. The minimum atomic E-state index is -3.88. The maximum absolute atomic E-state index is 12.9. The second-order valence-electron chi connectivity index (χ2n) is 6.34. The summed E-state index contributed by atoms with van der Waals surface area (Å²) in [5, 5.41) is 4.31. The fraction of sp³-hybridized carbons (Fsp3) is 0.438. The molecule has 26 heavy (non-hydrogen) atoms. The lowest BCUT2D eigenvalue weighted by Crippen LogP contribution is -2.17. The Hall–Kier alpha value is -2.07. The van der Waals surface area contributed by atoms with Crippen molar-refractivity contribution in [3.8, 4) is 5.75 Å². The zero-order chi connectivity index (χ0) is 19.1. The Balaban J connectivity index is 1.95. The molecule has 1 aliphatic heterocycles. The number of hydrogen-bond donors (Lipinski definition) is 1. The number of rotatable bonds is 5. The lowest BCUT2D eigenvalue weighted by molar-refractivity contribution is 0.415. The first-order chi connectivity index (χ1) is 12.1. The Bertz CT molecular complexity index is 1040. The second-order valence-corrected chi connectivity index (χ2v) is 10.2. The van der Waals surface area contributed by atoms with Crippen LogP contribution < -0.4 is 9.46 Å². The van der Waals surface area contributed by atoms with E-state index in [2.05, 4.69) is 9.82 Å². The van der Waals surface area contributed by atoms with Crippen LogP contribution in [0.4, 0.5) is 5.69 Å². The summed E-state index contributed by atoms with van der Waals surface area (Å²) in [5.74, 6) is 0.614. The Morgan fingerprint density at radius 3 is 2.65 bits per heavy atom. The summed E-state index contributed by atoms with van der Waals surface area (Å²) in [6, 6.07) is 6.27. The Kier molecular flexibility index (Phi) is 4.74. The number of aromatic nitrogens is 2. The molecule has 142 valence electrons. The van der Waals surface area contributed by atoms with Gasteiger partial charge in [0.15, 0.2) is 9.84 Å². The molecule has 0 amide bonds. The van der Waals surface area contributed by atoms with E-state index in [0.29, 0.717) is 29.2 Å². The lowest BCUT2D eigenvalue weighted by Gasteiger charge is -2.12. The summed E-state index contributed by atoms with van der Waals surface area (Å²) in [4.78, 5) is 0.0737. The number of sulfone groups is 1. The van der Waals surface area contributed by atoms with Crippen molar-refractivity contribution < 1.29 is 21.6 Å². The maximum atomic E-state index is 12.9. The normalized spacial score (nSPS) is 19.4. The van der Waals surface area contributed by atoms with Crippen LogP contribution in [-0.4, -0.2) is 45.2 Å². The van der Waals surface area contributed by atoms with Crippen LogP contribution in [0.15, 0.2) is 29.2 Å². The van der Waals surface area contributed by atoms with E-state index < -0.39 is 19.9 Å². The lowest BCUT2D eigenvalue weighted by atomic mass is 10.2. The number of aryl methyl sites for hydroxylation is 1. The average Bonchev–Trinajstić information content (AvgIpc) is 3.06. The van der Waals surface area contributed by atoms with Crippen molar-refractivity contribution in [3.05, 3.63) is 35.7 Å². The van der Waals surface area contributed by atoms with Crippen molar-refractivity contribution in [3.63, 3.8) is 0 Å². The molecule has 0 saturated carbocycles. The molecule has 8 nitrogen and oxygen atoms in total. The smallest absolute Gasteiger partial charge is 0.265 e.